The van der Waals surface area contributed by atoms with Crippen LogP contribution in [0.25, 0.3) is 22.8 Å². The summed E-state index contributed by atoms with van der Waals surface area (Å²) in [7, 11) is 0. The zero-order chi connectivity index (χ0) is 15.0. The molecule has 2 N–H and O–H groups in total. The molecule has 0 aliphatic heterocycles. The maximum absolute atomic E-state index is 13.2. The van der Waals surface area contributed by atoms with Crippen LogP contribution < -0.4 is 5.73 Å². The Bertz CT molecular complexity index is 814. The third kappa shape index (κ3) is 2.47. The van der Waals surface area contributed by atoms with Crippen LogP contribution in [0.3, 0.4) is 0 Å². The summed E-state index contributed by atoms with van der Waals surface area (Å²) in [6.45, 7) is 1.89. The van der Waals surface area contributed by atoms with Crippen LogP contribution in [0.5, 0.6) is 0 Å². The molecule has 106 valence electrons. The maximum atomic E-state index is 13.2. The molecule has 1 aromatic heterocycles. The van der Waals surface area contributed by atoms with E-state index in [2.05, 4.69) is 10.1 Å². The Hall–Kier alpha value is -2.76. The molecule has 0 aliphatic carbocycles. The number of nitrogens with zero attached hydrogens (tertiary/aromatic N) is 2. The molecule has 0 saturated carbocycles. The van der Waals surface area contributed by atoms with Crippen molar-refractivity contribution in [3.63, 3.8) is 0 Å². The van der Waals surface area contributed by atoms with Crippen LogP contribution in [0.15, 0.2) is 40.9 Å². The Morgan fingerprint density at radius 3 is 2.62 bits per heavy atom. The molecule has 0 aliphatic rings. The summed E-state index contributed by atoms with van der Waals surface area (Å²) in [5.74, 6) is -1.42. The lowest BCUT2D eigenvalue weighted by Gasteiger charge is -2.01. The third-order valence-corrected chi connectivity index (χ3v) is 3.10. The van der Waals surface area contributed by atoms with E-state index in [0.29, 0.717) is 16.8 Å². The molecule has 1 heterocycles. The number of rotatable bonds is 2. The number of aromatic nitrogens is 2. The fourth-order valence-electron chi connectivity index (χ4n) is 1.96. The van der Waals surface area contributed by atoms with E-state index in [1.165, 1.54) is 6.07 Å². The van der Waals surface area contributed by atoms with E-state index >= 15 is 0 Å². The van der Waals surface area contributed by atoms with Gasteiger partial charge in [-0.15, -0.1) is 0 Å². The molecule has 6 heteroatoms. The second-order valence-electron chi connectivity index (χ2n) is 4.63. The largest absolute Gasteiger partial charge is 0.399 e. The van der Waals surface area contributed by atoms with Crippen LogP contribution >= 0.6 is 0 Å². The Balaban J connectivity index is 2.03. The molecule has 0 amide bonds. The van der Waals surface area contributed by atoms with Gasteiger partial charge in [-0.25, -0.2) is 8.78 Å². The summed E-state index contributed by atoms with van der Waals surface area (Å²) in [6, 6.07) is 8.76. The lowest BCUT2D eigenvalue weighted by atomic mass is 10.1. The number of nitrogen functional groups attached to an aromatic ring is 1. The number of hydrogen-bond donors (Lipinski definition) is 1. The molecule has 2 aromatic carbocycles. The summed E-state index contributed by atoms with van der Waals surface area (Å²) in [4.78, 5) is 4.20. The predicted molar refractivity (Wildman–Crippen MR) is 74.2 cm³/mol. The van der Waals surface area contributed by atoms with Crippen molar-refractivity contribution in [3.05, 3.63) is 53.6 Å². The zero-order valence-corrected chi connectivity index (χ0v) is 11.1. The number of halogens is 2. The van der Waals surface area contributed by atoms with E-state index in [-0.39, 0.29) is 11.7 Å². The van der Waals surface area contributed by atoms with Crippen molar-refractivity contribution in [2.45, 2.75) is 6.92 Å². The molecule has 4 nitrogen and oxygen atoms in total. The van der Waals surface area contributed by atoms with Crippen molar-refractivity contribution in [1.29, 1.82) is 0 Å². The summed E-state index contributed by atoms with van der Waals surface area (Å²) < 4.78 is 31.3. The number of anilines is 1. The number of benzene rings is 2. The Morgan fingerprint density at radius 1 is 1.05 bits per heavy atom. The van der Waals surface area contributed by atoms with Crippen LogP contribution in [0.4, 0.5) is 14.5 Å². The minimum atomic E-state index is -0.959. The van der Waals surface area contributed by atoms with Crippen LogP contribution in [0.2, 0.25) is 0 Å². The summed E-state index contributed by atoms with van der Waals surface area (Å²) in [6.07, 6.45) is 0. The van der Waals surface area contributed by atoms with E-state index in [1.54, 1.807) is 12.1 Å². The number of aryl methyl sites for hydroxylation is 1. The first-order valence-corrected chi connectivity index (χ1v) is 6.20. The highest BCUT2D eigenvalue weighted by Gasteiger charge is 2.14. The van der Waals surface area contributed by atoms with Crippen molar-refractivity contribution < 1.29 is 13.3 Å². The molecule has 0 saturated heterocycles. The van der Waals surface area contributed by atoms with Gasteiger partial charge in [0.1, 0.15) is 0 Å². The molecule has 3 aromatic rings. The Kier molecular flexibility index (Phi) is 3.13. The van der Waals surface area contributed by atoms with E-state index in [9.17, 15) is 8.78 Å². The van der Waals surface area contributed by atoms with Gasteiger partial charge >= 0.3 is 0 Å². The van der Waals surface area contributed by atoms with Gasteiger partial charge in [-0.05, 0) is 42.8 Å². The zero-order valence-electron chi connectivity index (χ0n) is 11.1. The first kappa shape index (κ1) is 13.2. The van der Waals surface area contributed by atoms with Gasteiger partial charge in [0.15, 0.2) is 11.6 Å². The predicted octanol–water partition coefficient (Wildman–Crippen LogP) is 3.57. The third-order valence-electron chi connectivity index (χ3n) is 3.10. The highest BCUT2D eigenvalue weighted by molar-refractivity contribution is 5.66. The minimum absolute atomic E-state index is 0.186. The lowest BCUT2D eigenvalue weighted by molar-refractivity contribution is 0.432. The SMILES string of the molecule is Cc1ccc(N)cc1-c1nc(-c2ccc(F)c(F)c2)no1. The van der Waals surface area contributed by atoms with Gasteiger partial charge in [-0.2, -0.15) is 4.98 Å². The van der Waals surface area contributed by atoms with Crippen LogP contribution in [0.1, 0.15) is 5.56 Å². The lowest BCUT2D eigenvalue weighted by Crippen LogP contribution is -1.89. The fraction of sp³-hybridized carbons (Fsp3) is 0.0667. The average molecular weight is 287 g/mol. The Morgan fingerprint density at radius 2 is 1.86 bits per heavy atom. The molecule has 0 bridgehead atoms. The maximum Gasteiger partial charge on any atom is 0.258 e. The normalized spacial score (nSPS) is 10.8. The summed E-state index contributed by atoms with van der Waals surface area (Å²) in [5, 5.41) is 3.79. The smallest absolute Gasteiger partial charge is 0.258 e. The van der Waals surface area contributed by atoms with Gasteiger partial charge in [0.25, 0.3) is 5.89 Å². The molecule has 21 heavy (non-hydrogen) atoms. The summed E-state index contributed by atoms with van der Waals surface area (Å²) in [5.41, 5.74) is 8.27. The van der Waals surface area contributed by atoms with Crippen molar-refractivity contribution in [3.8, 4) is 22.8 Å². The molecule has 0 spiro atoms. The first-order chi connectivity index (χ1) is 10.0. The van der Waals surface area contributed by atoms with Crippen molar-refractivity contribution >= 4 is 5.69 Å². The van der Waals surface area contributed by atoms with Crippen LogP contribution in [0, 0.1) is 18.6 Å². The molecule has 3 rings (SSSR count). The van der Waals surface area contributed by atoms with Gasteiger partial charge in [-0.1, -0.05) is 11.2 Å². The van der Waals surface area contributed by atoms with Gasteiger partial charge in [0, 0.05) is 16.8 Å². The number of nitrogens with two attached hydrogens (primary N) is 1. The highest BCUT2D eigenvalue weighted by atomic mass is 19.2. The van der Waals surface area contributed by atoms with E-state index in [4.69, 9.17) is 10.3 Å². The van der Waals surface area contributed by atoms with E-state index in [1.807, 2.05) is 13.0 Å². The summed E-state index contributed by atoms with van der Waals surface area (Å²) >= 11 is 0. The molecule has 0 unspecified atom stereocenters. The highest BCUT2D eigenvalue weighted by Crippen LogP contribution is 2.27. The van der Waals surface area contributed by atoms with Crippen molar-refractivity contribution in [1.82, 2.24) is 10.1 Å². The van der Waals surface area contributed by atoms with Crippen LogP contribution in [-0.4, -0.2) is 10.1 Å². The molecular weight excluding hydrogens is 276 g/mol. The fourth-order valence-corrected chi connectivity index (χ4v) is 1.96. The standard InChI is InChI=1S/C15H11F2N3O/c1-8-2-4-10(18)7-11(8)15-19-14(20-21-15)9-3-5-12(16)13(17)6-9/h2-7H,18H2,1H3. The van der Waals surface area contributed by atoms with Gasteiger partial charge in [0.05, 0.1) is 0 Å². The van der Waals surface area contributed by atoms with Gasteiger partial charge in [-0.3, -0.25) is 0 Å². The van der Waals surface area contributed by atoms with E-state index in [0.717, 1.165) is 17.7 Å². The average Bonchev–Trinajstić information content (AvgIpc) is 2.94. The van der Waals surface area contributed by atoms with E-state index < -0.39 is 11.6 Å². The van der Waals surface area contributed by atoms with Crippen molar-refractivity contribution in [2.24, 2.45) is 0 Å². The second kappa shape index (κ2) is 4.97. The van der Waals surface area contributed by atoms with Crippen molar-refractivity contribution in [2.75, 3.05) is 5.73 Å². The monoisotopic (exact) mass is 287 g/mol. The molecular formula is C15H11F2N3O. The van der Waals surface area contributed by atoms with Gasteiger partial charge in [0.2, 0.25) is 5.82 Å². The molecule has 0 fully saturated rings. The topological polar surface area (TPSA) is 64.9 Å². The second-order valence-corrected chi connectivity index (χ2v) is 4.63. The molecule has 0 radical (unpaired) electrons. The van der Waals surface area contributed by atoms with Crippen LogP contribution in [-0.2, 0) is 0 Å². The first-order valence-electron chi connectivity index (χ1n) is 6.20. The van der Waals surface area contributed by atoms with Gasteiger partial charge < -0.3 is 10.3 Å². The molecule has 0 atom stereocenters. The number of hydrogen-bond acceptors (Lipinski definition) is 4. The quantitative estimate of drug-likeness (QED) is 0.732. The minimum Gasteiger partial charge on any atom is -0.399 e. The Labute approximate surface area is 119 Å².